The number of fused-ring (bicyclic) bond motifs is 1. The lowest BCUT2D eigenvalue weighted by molar-refractivity contribution is 0.875. The molecule has 4 heteroatoms. The number of nitrogens with zero attached hydrogens (tertiary/aromatic N) is 1. The summed E-state index contributed by atoms with van der Waals surface area (Å²) < 4.78 is 0. The molecule has 3 N–H and O–H groups in total. The van der Waals surface area contributed by atoms with Gasteiger partial charge in [0, 0.05) is 5.69 Å². The highest BCUT2D eigenvalue weighted by molar-refractivity contribution is 5.78. The number of nitrogens with one attached hydrogen (secondary N) is 3. The molecule has 0 saturated carbocycles. The Bertz CT molecular complexity index is 393. The van der Waals surface area contributed by atoms with Gasteiger partial charge in [-0.05, 0) is 25.2 Å². The fourth-order valence-electron chi connectivity index (χ4n) is 1.24. The zero-order chi connectivity index (χ0) is 9.10. The summed E-state index contributed by atoms with van der Waals surface area (Å²) in [4.78, 5) is 7.21. The van der Waals surface area contributed by atoms with Gasteiger partial charge in [-0.15, -0.1) is 0 Å². The lowest BCUT2D eigenvalue weighted by Gasteiger charge is -2.04. The highest BCUT2D eigenvalue weighted by atomic mass is 15.0. The van der Waals surface area contributed by atoms with Gasteiger partial charge in [0.2, 0.25) is 0 Å². The Morgan fingerprint density at radius 3 is 3.23 bits per heavy atom. The molecule has 0 radical (unpaired) electrons. The molecule has 0 amide bonds. The maximum Gasteiger partial charge on any atom is 0.0931 e. The van der Waals surface area contributed by atoms with E-state index >= 15 is 0 Å². The molecule has 0 saturated heterocycles. The summed E-state index contributed by atoms with van der Waals surface area (Å²) in [6.45, 7) is 0.764. The normalized spacial score (nSPS) is 10.5. The topological polar surface area (TPSA) is 52.7 Å². The fourth-order valence-corrected chi connectivity index (χ4v) is 1.24. The first kappa shape index (κ1) is 8.07. The van der Waals surface area contributed by atoms with Gasteiger partial charge in [0.1, 0.15) is 0 Å². The third-order valence-electron chi connectivity index (χ3n) is 1.89. The minimum Gasteiger partial charge on any atom is -0.372 e. The van der Waals surface area contributed by atoms with E-state index in [2.05, 4.69) is 20.6 Å². The molecule has 1 aromatic heterocycles. The molecule has 0 aliphatic carbocycles. The summed E-state index contributed by atoms with van der Waals surface area (Å²) in [5.41, 5.74) is 3.14. The van der Waals surface area contributed by atoms with Crippen molar-refractivity contribution in [3.05, 3.63) is 24.5 Å². The van der Waals surface area contributed by atoms with Crippen molar-refractivity contribution in [3.8, 4) is 0 Å². The second kappa shape index (κ2) is 3.45. The molecule has 1 heterocycles. The Labute approximate surface area is 76.4 Å². The van der Waals surface area contributed by atoms with Gasteiger partial charge in [0.05, 0.1) is 24.0 Å². The van der Waals surface area contributed by atoms with Crippen LogP contribution in [0.2, 0.25) is 0 Å². The lowest BCUT2D eigenvalue weighted by Crippen LogP contribution is -2.16. The van der Waals surface area contributed by atoms with Crippen LogP contribution in [0.15, 0.2) is 24.5 Å². The molecule has 13 heavy (non-hydrogen) atoms. The van der Waals surface area contributed by atoms with Crippen molar-refractivity contribution in [2.75, 3.05) is 19.0 Å². The van der Waals surface area contributed by atoms with Crippen LogP contribution in [0.4, 0.5) is 5.69 Å². The SMILES string of the molecule is CNCNc1ccc2nc[nH]c2c1. The molecule has 2 aromatic rings. The second-order valence-electron chi connectivity index (χ2n) is 2.84. The molecular formula is C9H12N4. The number of aromatic amines is 1. The summed E-state index contributed by atoms with van der Waals surface area (Å²) in [5, 5.41) is 6.24. The molecule has 68 valence electrons. The van der Waals surface area contributed by atoms with Crippen LogP contribution >= 0.6 is 0 Å². The second-order valence-corrected chi connectivity index (χ2v) is 2.84. The molecule has 4 nitrogen and oxygen atoms in total. The van der Waals surface area contributed by atoms with Gasteiger partial charge < -0.3 is 15.6 Å². The highest BCUT2D eigenvalue weighted by Crippen LogP contribution is 2.14. The summed E-state index contributed by atoms with van der Waals surface area (Å²) in [6.07, 6.45) is 1.70. The van der Waals surface area contributed by atoms with E-state index < -0.39 is 0 Å². The monoisotopic (exact) mass is 176 g/mol. The molecule has 0 aliphatic rings. The number of rotatable bonds is 3. The molecule has 0 aliphatic heterocycles. The van der Waals surface area contributed by atoms with E-state index in [4.69, 9.17) is 0 Å². The van der Waals surface area contributed by atoms with Crippen molar-refractivity contribution < 1.29 is 0 Å². The Morgan fingerprint density at radius 1 is 1.46 bits per heavy atom. The molecule has 0 unspecified atom stereocenters. The Morgan fingerprint density at radius 2 is 2.38 bits per heavy atom. The van der Waals surface area contributed by atoms with E-state index in [1.807, 2.05) is 25.2 Å². The van der Waals surface area contributed by atoms with Gasteiger partial charge in [-0.1, -0.05) is 0 Å². The predicted octanol–water partition coefficient (Wildman–Crippen LogP) is 1.15. The summed E-state index contributed by atoms with van der Waals surface area (Å²) in [7, 11) is 1.90. The van der Waals surface area contributed by atoms with Gasteiger partial charge in [-0.25, -0.2) is 4.98 Å². The minimum absolute atomic E-state index is 0.764. The number of imidazole rings is 1. The molecule has 0 fully saturated rings. The zero-order valence-electron chi connectivity index (χ0n) is 7.46. The van der Waals surface area contributed by atoms with Crippen LogP contribution in [-0.4, -0.2) is 23.7 Å². The first-order valence-electron chi connectivity index (χ1n) is 4.22. The van der Waals surface area contributed by atoms with Crippen molar-refractivity contribution in [3.63, 3.8) is 0 Å². The summed E-state index contributed by atoms with van der Waals surface area (Å²) in [5.74, 6) is 0. The Kier molecular flexibility index (Phi) is 2.14. The van der Waals surface area contributed by atoms with E-state index in [1.54, 1.807) is 6.33 Å². The molecule has 1 aromatic carbocycles. The number of anilines is 1. The lowest BCUT2D eigenvalue weighted by atomic mass is 10.3. The van der Waals surface area contributed by atoms with Gasteiger partial charge in [0.25, 0.3) is 0 Å². The Hall–Kier alpha value is -1.55. The molecule has 0 atom stereocenters. The first-order valence-corrected chi connectivity index (χ1v) is 4.22. The van der Waals surface area contributed by atoms with E-state index in [0.717, 1.165) is 23.4 Å². The van der Waals surface area contributed by atoms with Crippen LogP contribution in [-0.2, 0) is 0 Å². The molecule has 2 rings (SSSR count). The van der Waals surface area contributed by atoms with Crippen LogP contribution in [0.1, 0.15) is 0 Å². The van der Waals surface area contributed by atoms with E-state index in [0.29, 0.717) is 0 Å². The highest BCUT2D eigenvalue weighted by Gasteiger charge is 1.96. The minimum atomic E-state index is 0.764. The molecule has 0 bridgehead atoms. The van der Waals surface area contributed by atoms with Crippen molar-refractivity contribution >= 4 is 16.7 Å². The smallest absolute Gasteiger partial charge is 0.0931 e. The van der Waals surface area contributed by atoms with Crippen LogP contribution in [0.5, 0.6) is 0 Å². The zero-order valence-corrected chi connectivity index (χ0v) is 7.46. The van der Waals surface area contributed by atoms with Gasteiger partial charge in [-0.3, -0.25) is 0 Å². The maximum atomic E-state index is 4.14. The molecular weight excluding hydrogens is 164 g/mol. The number of aromatic nitrogens is 2. The molecule has 0 spiro atoms. The van der Waals surface area contributed by atoms with Crippen LogP contribution in [0, 0.1) is 0 Å². The van der Waals surface area contributed by atoms with Crippen LogP contribution < -0.4 is 10.6 Å². The average molecular weight is 176 g/mol. The third-order valence-corrected chi connectivity index (χ3v) is 1.89. The summed E-state index contributed by atoms with van der Waals surface area (Å²) >= 11 is 0. The van der Waals surface area contributed by atoms with Gasteiger partial charge in [0.15, 0.2) is 0 Å². The van der Waals surface area contributed by atoms with Crippen molar-refractivity contribution in [1.29, 1.82) is 0 Å². The number of hydrogen-bond donors (Lipinski definition) is 3. The average Bonchev–Trinajstić information content (AvgIpc) is 2.61. The Balaban J connectivity index is 2.26. The first-order chi connectivity index (χ1) is 6.40. The maximum absolute atomic E-state index is 4.14. The number of benzene rings is 1. The third kappa shape index (κ3) is 1.62. The quantitative estimate of drug-likeness (QED) is 0.615. The van der Waals surface area contributed by atoms with Gasteiger partial charge in [-0.2, -0.15) is 0 Å². The van der Waals surface area contributed by atoms with Crippen LogP contribution in [0.3, 0.4) is 0 Å². The number of hydrogen-bond acceptors (Lipinski definition) is 3. The van der Waals surface area contributed by atoms with Crippen LogP contribution in [0.25, 0.3) is 11.0 Å². The van der Waals surface area contributed by atoms with E-state index in [9.17, 15) is 0 Å². The van der Waals surface area contributed by atoms with Gasteiger partial charge >= 0.3 is 0 Å². The largest absolute Gasteiger partial charge is 0.372 e. The predicted molar refractivity (Wildman–Crippen MR) is 53.6 cm³/mol. The van der Waals surface area contributed by atoms with E-state index in [-0.39, 0.29) is 0 Å². The van der Waals surface area contributed by atoms with Crippen molar-refractivity contribution in [1.82, 2.24) is 15.3 Å². The summed E-state index contributed by atoms with van der Waals surface area (Å²) in [6, 6.07) is 6.05. The fraction of sp³-hybridized carbons (Fsp3) is 0.222. The van der Waals surface area contributed by atoms with E-state index in [1.165, 1.54) is 0 Å². The standard InChI is InChI=1S/C9H12N4/c1-10-5-11-7-2-3-8-9(4-7)13-6-12-8/h2-4,6,10-11H,5H2,1H3,(H,12,13). The van der Waals surface area contributed by atoms with Crippen molar-refractivity contribution in [2.45, 2.75) is 0 Å². The van der Waals surface area contributed by atoms with Crippen molar-refractivity contribution in [2.24, 2.45) is 0 Å². The number of H-pyrrole nitrogens is 1.